The number of halogens is 3. The maximum atomic E-state index is 13.0. The fraction of sp³-hybridized carbons (Fsp3) is 0.154. The summed E-state index contributed by atoms with van der Waals surface area (Å²) in [5.41, 5.74) is 2.56. The molecule has 0 aliphatic carbocycles. The molecular formula is C26H20Br2ClNO4S. The largest absolute Gasteiger partial charge is 0.490 e. The minimum atomic E-state index is -0.319. The van der Waals surface area contributed by atoms with Crippen LogP contribution in [0.1, 0.15) is 23.6 Å². The molecule has 3 aromatic carbocycles. The summed E-state index contributed by atoms with van der Waals surface area (Å²) in [4.78, 5) is 27.1. The zero-order chi connectivity index (χ0) is 24.9. The monoisotopic (exact) mass is 635 g/mol. The lowest BCUT2D eigenvalue weighted by molar-refractivity contribution is -0.123. The highest BCUT2D eigenvalue weighted by Crippen LogP contribution is 2.40. The van der Waals surface area contributed by atoms with Crippen LogP contribution in [0.3, 0.4) is 0 Å². The molecule has 0 spiro atoms. The van der Waals surface area contributed by atoms with E-state index in [4.69, 9.17) is 21.1 Å². The molecule has 0 radical (unpaired) electrons. The number of ether oxygens (including phenoxy) is 2. The zero-order valence-electron chi connectivity index (χ0n) is 18.6. The van der Waals surface area contributed by atoms with Gasteiger partial charge in [0.05, 0.1) is 22.5 Å². The van der Waals surface area contributed by atoms with E-state index in [1.807, 2.05) is 61.5 Å². The second-order valence-corrected chi connectivity index (χ2v) is 10.8. The average Bonchev–Trinajstić information content (AvgIpc) is 3.08. The molecule has 0 N–H and O–H groups in total. The predicted molar refractivity (Wildman–Crippen MR) is 147 cm³/mol. The summed E-state index contributed by atoms with van der Waals surface area (Å²) >= 11 is 13.8. The number of amides is 2. The Labute approximate surface area is 229 Å². The van der Waals surface area contributed by atoms with E-state index in [0.717, 1.165) is 27.4 Å². The summed E-state index contributed by atoms with van der Waals surface area (Å²) in [6.07, 6.45) is 1.70. The van der Waals surface area contributed by atoms with Crippen LogP contribution in [0.2, 0.25) is 5.02 Å². The van der Waals surface area contributed by atoms with Crippen molar-refractivity contribution in [1.29, 1.82) is 0 Å². The summed E-state index contributed by atoms with van der Waals surface area (Å²) in [5.74, 6) is 0.776. The molecule has 1 aliphatic rings. The SMILES string of the molecule is CCOc1cc(/C=C2\SC(=O)N(Cc3ccc(Br)cc3)C2=O)cc(Br)c1OCc1ccc(Cl)cc1. The lowest BCUT2D eigenvalue weighted by Crippen LogP contribution is -2.27. The van der Waals surface area contributed by atoms with Crippen LogP contribution in [-0.4, -0.2) is 22.7 Å². The summed E-state index contributed by atoms with van der Waals surface area (Å²) in [6, 6.07) is 18.6. The van der Waals surface area contributed by atoms with Gasteiger partial charge in [-0.15, -0.1) is 0 Å². The molecule has 3 aromatic rings. The molecule has 5 nitrogen and oxygen atoms in total. The van der Waals surface area contributed by atoms with Gasteiger partial charge in [0, 0.05) is 9.50 Å². The van der Waals surface area contributed by atoms with Gasteiger partial charge in [-0.2, -0.15) is 0 Å². The van der Waals surface area contributed by atoms with E-state index in [2.05, 4.69) is 31.9 Å². The van der Waals surface area contributed by atoms with Gasteiger partial charge >= 0.3 is 0 Å². The van der Waals surface area contributed by atoms with Crippen LogP contribution >= 0.6 is 55.2 Å². The van der Waals surface area contributed by atoms with Crippen LogP contribution in [-0.2, 0) is 17.9 Å². The molecule has 1 fully saturated rings. The number of hydrogen-bond donors (Lipinski definition) is 0. The molecule has 0 bridgehead atoms. The van der Waals surface area contributed by atoms with Crippen molar-refractivity contribution in [1.82, 2.24) is 4.90 Å². The topological polar surface area (TPSA) is 55.8 Å². The maximum Gasteiger partial charge on any atom is 0.293 e. The summed E-state index contributed by atoms with van der Waals surface area (Å²) in [5, 5.41) is 0.367. The van der Waals surface area contributed by atoms with E-state index in [1.165, 1.54) is 4.90 Å². The molecule has 2 amide bonds. The van der Waals surface area contributed by atoms with Gasteiger partial charge in [-0.25, -0.2) is 0 Å². The molecule has 9 heteroatoms. The van der Waals surface area contributed by atoms with E-state index < -0.39 is 0 Å². The van der Waals surface area contributed by atoms with E-state index in [-0.39, 0.29) is 17.7 Å². The summed E-state index contributed by atoms with van der Waals surface area (Å²) in [7, 11) is 0. The number of thioether (sulfide) groups is 1. The van der Waals surface area contributed by atoms with E-state index in [0.29, 0.717) is 44.7 Å². The van der Waals surface area contributed by atoms with Crippen molar-refractivity contribution in [2.75, 3.05) is 6.61 Å². The molecule has 0 unspecified atom stereocenters. The highest BCUT2D eigenvalue weighted by Gasteiger charge is 2.35. The van der Waals surface area contributed by atoms with Gasteiger partial charge in [-0.05, 0) is 93.8 Å². The van der Waals surface area contributed by atoms with Crippen molar-refractivity contribution >= 4 is 72.4 Å². The first-order chi connectivity index (χ1) is 16.8. The van der Waals surface area contributed by atoms with Crippen LogP contribution in [0.25, 0.3) is 6.08 Å². The summed E-state index contributed by atoms with van der Waals surface area (Å²) < 4.78 is 13.5. The third-order valence-corrected chi connectivity index (χ3v) is 7.33. The average molecular weight is 638 g/mol. The van der Waals surface area contributed by atoms with Gasteiger partial charge in [0.2, 0.25) is 0 Å². The van der Waals surface area contributed by atoms with Crippen molar-refractivity contribution in [2.45, 2.75) is 20.1 Å². The molecule has 1 heterocycles. The molecule has 35 heavy (non-hydrogen) atoms. The fourth-order valence-electron chi connectivity index (χ4n) is 3.37. The van der Waals surface area contributed by atoms with Crippen molar-refractivity contribution in [3.8, 4) is 11.5 Å². The highest BCUT2D eigenvalue weighted by atomic mass is 79.9. The molecule has 0 atom stereocenters. The molecular weight excluding hydrogens is 618 g/mol. The summed E-state index contributed by atoms with van der Waals surface area (Å²) in [6.45, 7) is 2.89. The number of imide groups is 1. The van der Waals surface area contributed by atoms with Crippen LogP contribution < -0.4 is 9.47 Å². The van der Waals surface area contributed by atoms with Crippen LogP contribution in [0.15, 0.2) is 74.5 Å². The Balaban J connectivity index is 1.54. The van der Waals surface area contributed by atoms with Gasteiger partial charge < -0.3 is 9.47 Å². The van der Waals surface area contributed by atoms with Gasteiger partial charge in [0.15, 0.2) is 11.5 Å². The number of nitrogens with zero attached hydrogens (tertiary/aromatic N) is 1. The third kappa shape index (κ3) is 6.50. The fourth-order valence-corrected chi connectivity index (χ4v) is 5.17. The van der Waals surface area contributed by atoms with Gasteiger partial charge in [0.1, 0.15) is 6.61 Å². The molecule has 0 aromatic heterocycles. The van der Waals surface area contributed by atoms with Crippen molar-refractivity contribution in [3.63, 3.8) is 0 Å². The second kappa shape index (κ2) is 11.6. The Morgan fingerprint density at radius 2 is 1.66 bits per heavy atom. The Kier molecular flexibility index (Phi) is 8.59. The molecule has 4 rings (SSSR count). The first kappa shape index (κ1) is 25.8. The number of hydrogen-bond acceptors (Lipinski definition) is 5. The van der Waals surface area contributed by atoms with Gasteiger partial charge in [-0.3, -0.25) is 14.5 Å². The van der Waals surface area contributed by atoms with E-state index in [1.54, 1.807) is 12.1 Å². The standard InChI is InChI=1S/C26H20Br2ClNO4S/c1-2-33-22-12-18(11-21(28)24(22)34-15-17-5-9-20(29)10-6-17)13-23-25(31)30(26(32)35-23)14-16-3-7-19(27)8-4-16/h3-13H,2,14-15H2,1H3/b23-13-. The third-order valence-electron chi connectivity index (χ3n) is 5.05. The minimum absolute atomic E-state index is 0.223. The number of rotatable bonds is 8. The second-order valence-electron chi connectivity index (χ2n) is 7.57. The molecule has 1 aliphatic heterocycles. The Hall–Kier alpha value is -2.26. The van der Waals surface area contributed by atoms with Crippen molar-refractivity contribution in [2.24, 2.45) is 0 Å². The zero-order valence-corrected chi connectivity index (χ0v) is 23.3. The van der Waals surface area contributed by atoms with Crippen LogP contribution in [0.5, 0.6) is 11.5 Å². The molecule has 180 valence electrons. The number of carbonyl (C=O) groups is 2. The van der Waals surface area contributed by atoms with Crippen LogP contribution in [0, 0.1) is 0 Å². The van der Waals surface area contributed by atoms with Gasteiger partial charge in [-0.1, -0.05) is 51.8 Å². The number of benzene rings is 3. The Morgan fingerprint density at radius 1 is 0.971 bits per heavy atom. The van der Waals surface area contributed by atoms with Crippen molar-refractivity contribution in [3.05, 3.63) is 96.2 Å². The van der Waals surface area contributed by atoms with Crippen LogP contribution in [0.4, 0.5) is 4.79 Å². The first-order valence-corrected chi connectivity index (χ1v) is 13.5. The lowest BCUT2D eigenvalue weighted by atomic mass is 10.1. The lowest BCUT2D eigenvalue weighted by Gasteiger charge is -2.15. The normalized spacial score (nSPS) is 14.6. The smallest absolute Gasteiger partial charge is 0.293 e. The Bertz CT molecular complexity index is 1280. The van der Waals surface area contributed by atoms with E-state index >= 15 is 0 Å². The maximum absolute atomic E-state index is 13.0. The predicted octanol–water partition coefficient (Wildman–Crippen LogP) is 8.08. The Morgan fingerprint density at radius 3 is 2.34 bits per heavy atom. The number of carbonyl (C=O) groups excluding carboxylic acids is 2. The minimum Gasteiger partial charge on any atom is -0.490 e. The molecule has 1 saturated heterocycles. The highest BCUT2D eigenvalue weighted by molar-refractivity contribution is 9.10. The first-order valence-electron chi connectivity index (χ1n) is 10.7. The van der Waals surface area contributed by atoms with E-state index in [9.17, 15) is 9.59 Å². The molecule has 0 saturated carbocycles. The quantitative estimate of drug-likeness (QED) is 0.234. The van der Waals surface area contributed by atoms with Crippen molar-refractivity contribution < 1.29 is 19.1 Å². The van der Waals surface area contributed by atoms with Gasteiger partial charge in [0.25, 0.3) is 11.1 Å².